The first-order valence-corrected chi connectivity index (χ1v) is 11.7. The van der Waals surface area contributed by atoms with Gasteiger partial charge in [-0.2, -0.15) is 0 Å². The summed E-state index contributed by atoms with van der Waals surface area (Å²) in [4.78, 5) is 11.5. The van der Waals surface area contributed by atoms with Crippen molar-refractivity contribution in [3.63, 3.8) is 0 Å². The van der Waals surface area contributed by atoms with Crippen LogP contribution in [0, 0.1) is 31.3 Å². The van der Waals surface area contributed by atoms with Crippen LogP contribution in [0.2, 0.25) is 0 Å². The van der Waals surface area contributed by atoms with Crippen LogP contribution in [0.1, 0.15) is 74.2 Å². The van der Waals surface area contributed by atoms with Gasteiger partial charge < -0.3 is 9.66 Å². The number of carboxylic acid groups (broad SMARTS) is 1. The number of carboxylic acids is 1. The Balaban J connectivity index is 2.27. The van der Waals surface area contributed by atoms with Gasteiger partial charge in [0.05, 0.1) is 12.5 Å². The van der Waals surface area contributed by atoms with Gasteiger partial charge in [-0.25, -0.2) is 13.2 Å². The second-order valence-corrected chi connectivity index (χ2v) is 11.3. The molecular formula is C24H28F3NO3S. The van der Waals surface area contributed by atoms with Crippen molar-refractivity contribution in [1.29, 1.82) is 0 Å². The Bertz CT molecular complexity index is 1050. The predicted molar refractivity (Wildman–Crippen MR) is 119 cm³/mol. The third-order valence-electron chi connectivity index (χ3n) is 5.69. The first kappa shape index (κ1) is 24.6. The molecular weight excluding hydrogens is 439 g/mol. The minimum atomic E-state index is -1.77. The molecule has 0 radical (unpaired) electrons. The van der Waals surface area contributed by atoms with Crippen LogP contribution in [0.25, 0.3) is 11.1 Å². The van der Waals surface area contributed by atoms with Crippen molar-refractivity contribution in [3.05, 3.63) is 57.9 Å². The highest BCUT2D eigenvalue weighted by Crippen LogP contribution is 2.46. The lowest BCUT2D eigenvalue weighted by atomic mass is 9.88. The van der Waals surface area contributed by atoms with E-state index in [-0.39, 0.29) is 22.6 Å². The number of hydrogen-bond acceptors (Lipinski definition) is 3. The number of nitrogens with one attached hydrogen (secondary N) is 1. The van der Waals surface area contributed by atoms with E-state index in [2.05, 4.69) is 4.72 Å². The maximum Gasteiger partial charge on any atom is 0.305 e. The summed E-state index contributed by atoms with van der Waals surface area (Å²) in [6, 6.07) is 2.87. The van der Waals surface area contributed by atoms with E-state index in [4.69, 9.17) is 0 Å². The molecule has 32 heavy (non-hydrogen) atoms. The Labute approximate surface area is 189 Å². The molecule has 2 aromatic carbocycles. The van der Waals surface area contributed by atoms with Crippen LogP contribution in [-0.2, 0) is 16.2 Å². The lowest BCUT2D eigenvalue weighted by Gasteiger charge is -2.29. The Hall–Kier alpha value is -2.03. The largest absolute Gasteiger partial charge is 0.598 e. The zero-order valence-electron chi connectivity index (χ0n) is 18.8. The fraction of sp³-hybridized carbons (Fsp3) is 0.458. The van der Waals surface area contributed by atoms with Crippen molar-refractivity contribution in [3.8, 4) is 11.1 Å². The van der Waals surface area contributed by atoms with Gasteiger partial charge in [-0.1, -0.05) is 6.07 Å². The number of hydrogen-bond donors (Lipinski definition) is 2. The smallest absolute Gasteiger partial charge is 0.305 e. The van der Waals surface area contributed by atoms with Crippen LogP contribution in [-0.4, -0.2) is 20.4 Å². The highest BCUT2D eigenvalue weighted by molar-refractivity contribution is 7.90. The minimum absolute atomic E-state index is 0.0246. The summed E-state index contributed by atoms with van der Waals surface area (Å²) in [6.45, 7) is 8.26. The molecule has 8 heteroatoms. The van der Waals surface area contributed by atoms with Gasteiger partial charge in [-0.05, 0) is 87.8 Å². The Morgan fingerprint density at radius 2 is 1.84 bits per heavy atom. The molecule has 174 valence electrons. The monoisotopic (exact) mass is 467 g/mol. The zero-order valence-corrected chi connectivity index (χ0v) is 19.6. The van der Waals surface area contributed by atoms with E-state index in [9.17, 15) is 18.8 Å². The minimum Gasteiger partial charge on any atom is -0.598 e. The van der Waals surface area contributed by atoms with Crippen LogP contribution < -0.4 is 4.72 Å². The molecule has 2 N–H and O–H groups in total. The van der Waals surface area contributed by atoms with Crippen molar-refractivity contribution >= 4 is 17.3 Å². The molecule has 0 heterocycles. The standard InChI is InChI=1S/C24H28F3NO3S/c1-12-6-9-17(25)13(2)20(12)16-10-15(14-7-8-14)22(26)21(23(16)27)18(11-19(29)30)28-32(31)24(3,4)5/h6,9-10,14,18,28H,7-8,11H2,1-5H3,(H,29,30)/t18-,32?/m0/s1. The second-order valence-electron chi connectivity index (χ2n) is 9.34. The molecule has 2 aromatic rings. The van der Waals surface area contributed by atoms with E-state index in [0.717, 1.165) is 12.8 Å². The molecule has 3 rings (SSSR count). The van der Waals surface area contributed by atoms with Crippen molar-refractivity contribution in [1.82, 2.24) is 4.72 Å². The normalized spacial score (nSPS) is 16.2. The van der Waals surface area contributed by atoms with Crippen LogP contribution in [0.15, 0.2) is 18.2 Å². The van der Waals surface area contributed by atoms with Crippen molar-refractivity contribution in [2.24, 2.45) is 0 Å². The molecule has 0 amide bonds. The van der Waals surface area contributed by atoms with E-state index in [1.807, 2.05) is 0 Å². The highest BCUT2D eigenvalue weighted by atomic mass is 32.2. The van der Waals surface area contributed by atoms with E-state index in [1.165, 1.54) is 25.1 Å². The molecule has 1 aliphatic rings. The van der Waals surface area contributed by atoms with Crippen molar-refractivity contribution in [2.75, 3.05) is 0 Å². The number of rotatable bonds is 7. The van der Waals surface area contributed by atoms with Crippen LogP contribution in [0.3, 0.4) is 0 Å². The summed E-state index contributed by atoms with van der Waals surface area (Å²) >= 11 is -1.77. The molecule has 1 aliphatic carbocycles. The molecule has 1 saturated carbocycles. The molecule has 0 bridgehead atoms. The maximum atomic E-state index is 15.9. The Kier molecular flexibility index (Phi) is 6.98. The predicted octanol–water partition coefficient (Wildman–Crippen LogP) is 5.83. The van der Waals surface area contributed by atoms with E-state index < -0.39 is 57.6 Å². The average Bonchev–Trinajstić information content (AvgIpc) is 3.50. The molecule has 4 nitrogen and oxygen atoms in total. The fourth-order valence-corrected chi connectivity index (χ4v) is 4.59. The van der Waals surface area contributed by atoms with E-state index in [0.29, 0.717) is 11.1 Å². The average molecular weight is 468 g/mol. The molecule has 0 saturated heterocycles. The van der Waals surface area contributed by atoms with Gasteiger partial charge in [0.1, 0.15) is 22.2 Å². The number of aliphatic carboxylic acids is 1. The lowest BCUT2D eigenvalue weighted by Crippen LogP contribution is -2.42. The fourth-order valence-electron chi connectivity index (χ4n) is 3.78. The summed E-state index contributed by atoms with van der Waals surface area (Å²) in [5.41, 5.74) is 0.992. The zero-order chi connectivity index (χ0) is 24.0. The number of aryl methyl sites for hydroxylation is 1. The first-order chi connectivity index (χ1) is 14.8. The topological polar surface area (TPSA) is 72.4 Å². The second kappa shape index (κ2) is 9.08. The quantitative estimate of drug-likeness (QED) is 0.503. The third-order valence-corrected chi connectivity index (χ3v) is 7.30. The van der Waals surface area contributed by atoms with Gasteiger partial charge in [0.15, 0.2) is 0 Å². The first-order valence-electron chi connectivity index (χ1n) is 10.5. The summed E-state index contributed by atoms with van der Waals surface area (Å²) in [5.74, 6) is -3.71. The summed E-state index contributed by atoms with van der Waals surface area (Å²) < 4.78 is 60.4. The number of halogens is 3. The molecule has 1 unspecified atom stereocenters. The molecule has 1 fully saturated rings. The third kappa shape index (κ3) is 4.97. The van der Waals surface area contributed by atoms with E-state index >= 15 is 8.78 Å². The van der Waals surface area contributed by atoms with E-state index in [1.54, 1.807) is 27.7 Å². The molecule has 0 aliphatic heterocycles. The van der Waals surface area contributed by atoms with Crippen molar-refractivity contribution in [2.45, 2.75) is 70.6 Å². The SMILES string of the molecule is Cc1ccc(F)c(C)c1-c1cc(C2CC2)c(F)c([C@H](CC(=O)O)N[S+]([O-])C(C)(C)C)c1F. The van der Waals surface area contributed by atoms with Gasteiger partial charge in [-0.3, -0.25) is 4.79 Å². The van der Waals surface area contributed by atoms with Crippen molar-refractivity contribution < 1.29 is 27.6 Å². The van der Waals surface area contributed by atoms with Crippen LogP contribution in [0.4, 0.5) is 13.2 Å². The Morgan fingerprint density at radius 3 is 2.38 bits per heavy atom. The van der Waals surface area contributed by atoms with Crippen LogP contribution >= 0.6 is 0 Å². The van der Waals surface area contributed by atoms with Gasteiger partial charge in [0, 0.05) is 22.5 Å². The summed E-state index contributed by atoms with van der Waals surface area (Å²) in [7, 11) is 0. The van der Waals surface area contributed by atoms with Gasteiger partial charge >= 0.3 is 5.97 Å². The van der Waals surface area contributed by atoms with Gasteiger partial charge in [0.25, 0.3) is 0 Å². The molecule has 0 aromatic heterocycles. The molecule has 2 atom stereocenters. The van der Waals surface area contributed by atoms with Gasteiger partial charge in [-0.15, -0.1) is 4.72 Å². The van der Waals surface area contributed by atoms with Crippen LogP contribution in [0.5, 0.6) is 0 Å². The highest BCUT2D eigenvalue weighted by Gasteiger charge is 2.37. The summed E-state index contributed by atoms with van der Waals surface area (Å²) in [6.07, 6.45) is 0.797. The maximum absolute atomic E-state index is 15.9. The number of carbonyl (C=O) groups is 1. The Morgan fingerprint density at radius 1 is 1.22 bits per heavy atom. The molecule has 0 spiro atoms. The number of benzene rings is 2. The summed E-state index contributed by atoms with van der Waals surface area (Å²) in [5, 5.41) is 9.41. The van der Waals surface area contributed by atoms with Gasteiger partial charge in [0.2, 0.25) is 0 Å². The lowest BCUT2D eigenvalue weighted by molar-refractivity contribution is -0.137.